The van der Waals surface area contributed by atoms with Gasteiger partial charge in [-0.15, -0.1) is 0 Å². The Balaban J connectivity index is 2.52. The molecule has 1 nitrogen and oxygen atoms in total. The van der Waals surface area contributed by atoms with Crippen molar-refractivity contribution in [3.05, 3.63) is 47.5 Å². The Labute approximate surface area is 82.4 Å². The summed E-state index contributed by atoms with van der Waals surface area (Å²) in [5, 5.41) is 2.36. The molecule has 0 radical (unpaired) electrons. The number of rotatable bonds is 0. The Morgan fingerprint density at radius 1 is 0.929 bits per heavy atom. The van der Waals surface area contributed by atoms with E-state index in [2.05, 4.69) is 24.3 Å². The van der Waals surface area contributed by atoms with Crippen LogP contribution in [-0.4, -0.2) is 5.78 Å². The van der Waals surface area contributed by atoms with E-state index in [1.54, 1.807) is 0 Å². The molecule has 0 unspecified atom stereocenters. The minimum Gasteiger partial charge on any atom is -0.294 e. The molecule has 14 heavy (non-hydrogen) atoms. The first-order valence-corrected chi connectivity index (χ1v) is 4.90. The van der Waals surface area contributed by atoms with E-state index in [1.165, 1.54) is 16.3 Å². The third-order valence-electron chi connectivity index (χ3n) is 2.91. The number of carbonyl (C=O) groups excluding carboxylic acids is 1. The van der Waals surface area contributed by atoms with E-state index >= 15 is 0 Å². The molecular weight excluding hydrogens is 172 g/mol. The Hall–Kier alpha value is -1.63. The summed E-state index contributed by atoms with van der Waals surface area (Å²) < 4.78 is 0. The summed E-state index contributed by atoms with van der Waals surface area (Å²) in [6.45, 7) is 0. The van der Waals surface area contributed by atoms with Crippen LogP contribution >= 0.6 is 0 Å². The summed E-state index contributed by atoms with van der Waals surface area (Å²) >= 11 is 0. The molecule has 0 N–H and O–H groups in total. The second kappa shape index (κ2) is 2.68. The largest absolute Gasteiger partial charge is 0.294 e. The molecule has 1 aliphatic carbocycles. The van der Waals surface area contributed by atoms with Crippen molar-refractivity contribution in [1.82, 2.24) is 0 Å². The predicted octanol–water partition coefficient (Wildman–Crippen LogP) is 2.97. The summed E-state index contributed by atoms with van der Waals surface area (Å²) in [4.78, 5) is 11.7. The fraction of sp³-hybridized carbons (Fsp3) is 0.154. The smallest absolute Gasteiger partial charge is 0.163 e. The molecule has 68 valence electrons. The maximum Gasteiger partial charge on any atom is 0.163 e. The lowest BCUT2D eigenvalue weighted by atomic mass is 9.88. The second-order valence-corrected chi connectivity index (χ2v) is 3.74. The number of hydrogen-bond acceptors (Lipinski definition) is 1. The lowest BCUT2D eigenvalue weighted by Gasteiger charge is -2.15. The Kier molecular flexibility index (Phi) is 1.48. The highest BCUT2D eigenvalue weighted by Gasteiger charge is 2.17. The predicted molar refractivity (Wildman–Crippen MR) is 56.6 cm³/mol. The molecule has 0 saturated heterocycles. The molecule has 0 heterocycles. The molecule has 0 amide bonds. The van der Waals surface area contributed by atoms with Crippen molar-refractivity contribution >= 4 is 16.6 Å². The number of hydrogen-bond donors (Lipinski definition) is 0. The first-order chi connectivity index (χ1) is 6.86. The van der Waals surface area contributed by atoms with E-state index in [4.69, 9.17) is 0 Å². The number of carbonyl (C=O) groups is 1. The van der Waals surface area contributed by atoms with Crippen molar-refractivity contribution in [2.75, 3.05) is 0 Å². The summed E-state index contributed by atoms with van der Waals surface area (Å²) in [6.07, 6.45) is 1.56. The molecule has 0 bridgehead atoms. The van der Waals surface area contributed by atoms with E-state index in [9.17, 15) is 4.79 Å². The van der Waals surface area contributed by atoms with Crippen molar-refractivity contribution in [2.24, 2.45) is 0 Å². The van der Waals surface area contributed by atoms with Crippen LogP contribution in [0.1, 0.15) is 22.3 Å². The molecule has 0 fully saturated rings. The molecule has 0 aliphatic heterocycles. The van der Waals surface area contributed by atoms with Crippen LogP contribution in [0.4, 0.5) is 0 Å². The summed E-state index contributed by atoms with van der Waals surface area (Å²) in [5.74, 6) is 0.286. The quantitative estimate of drug-likeness (QED) is 0.612. The third kappa shape index (κ3) is 0.925. The van der Waals surface area contributed by atoms with Gasteiger partial charge < -0.3 is 0 Å². The van der Waals surface area contributed by atoms with Crippen LogP contribution in [0.2, 0.25) is 0 Å². The van der Waals surface area contributed by atoms with Gasteiger partial charge in [0.25, 0.3) is 0 Å². The molecule has 1 heteroatoms. The lowest BCUT2D eigenvalue weighted by Crippen LogP contribution is -2.08. The zero-order chi connectivity index (χ0) is 9.54. The highest BCUT2D eigenvalue weighted by molar-refractivity contribution is 6.11. The number of aryl methyl sites for hydroxylation is 1. The number of benzene rings is 2. The summed E-state index contributed by atoms with van der Waals surface area (Å²) in [5.41, 5.74) is 2.22. The van der Waals surface area contributed by atoms with Gasteiger partial charge in [0, 0.05) is 12.0 Å². The van der Waals surface area contributed by atoms with Crippen LogP contribution in [0.15, 0.2) is 36.4 Å². The van der Waals surface area contributed by atoms with Crippen molar-refractivity contribution < 1.29 is 4.79 Å². The van der Waals surface area contributed by atoms with Gasteiger partial charge in [-0.1, -0.05) is 36.4 Å². The second-order valence-electron chi connectivity index (χ2n) is 3.74. The Morgan fingerprint density at radius 3 is 2.57 bits per heavy atom. The van der Waals surface area contributed by atoms with Gasteiger partial charge in [-0.25, -0.2) is 0 Å². The molecule has 0 atom stereocenters. The topological polar surface area (TPSA) is 17.1 Å². The summed E-state index contributed by atoms with van der Waals surface area (Å²) in [7, 11) is 0. The fourth-order valence-electron chi connectivity index (χ4n) is 2.24. The zero-order valence-electron chi connectivity index (χ0n) is 7.79. The monoisotopic (exact) mass is 182 g/mol. The first kappa shape index (κ1) is 7.74. The van der Waals surface area contributed by atoms with Gasteiger partial charge in [0.2, 0.25) is 0 Å². The Bertz CT molecular complexity index is 520. The van der Waals surface area contributed by atoms with E-state index in [0.29, 0.717) is 6.42 Å². The van der Waals surface area contributed by atoms with Crippen molar-refractivity contribution in [2.45, 2.75) is 12.8 Å². The Morgan fingerprint density at radius 2 is 1.71 bits per heavy atom. The van der Waals surface area contributed by atoms with E-state index in [1.807, 2.05) is 12.1 Å². The standard InChI is InChI=1S/C13H10O/c14-12-8-7-10-4-1-3-9-5-2-6-11(12)13(9)10/h1-6H,7-8H2. The highest BCUT2D eigenvalue weighted by atomic mass is 16.1. The van der Waals surface area contributed by atoms with Gasteiger partial charge in [0.05, 0.1) is 0 Å². The van der Waals surface area contributed by atoms with Gasteiger partial charge in [-0.3, -0.25) is 4.79 Å². The van der Waals surface area contributed by atoms with E-state index in [0.717, 1.165) is 12.0 Å². The van der Waals surface area contributed by atoms with Gasteiger partial charge in [-0.2, -0.15) is 0 Å². The minimum atomic E-state index is 0.286. The third-order valence-corrected chi connectivity index (χ3v) is 2.91. The molecular formula is C13H10O. The van der Waals surface area contributed by atoms with Crippen LogP contribution in [0.25, 0.3) is 10.8 Å². The normalized spacial score (nSPS) is 14.7. The van der Waals surface area contributed by atoms with Crippen LogP contribution < -0.4 is 0 Å². The van der Waals surface area contributed by atoms with Crippen molar-refractivity contribution in [3.63, 3.8) is 0 Å². The molecule has 2 aromatic rings. The maximum atomic E-state index is 11.7. The average Bonchev–Trinajstić information content (AvgIpc) is 2.24. The lowest BCUT2D eigenvalue weighted by molar-refractivity contribution is 0.0982. The van der Waals surface area contributed by atoms with Crippen molar-refractivity contribution in [1.29, 1.82) is 0 Å². The van der Waals surface area contributed by atoms with Crippen LogP contribution in [0, 0.1) is 0 Å². The van der Waals surface area contributed by atoms with Crippen LogP contribution in [0.5, 0.6) is 0 Å². The molecule has 0 saturated carbocycles. The molecule has 0 aromatic heterocycles. The fourth-order valence-corrected chi connectivity index (χ4v) is 2.24. The summed E-state index contributed by atoms with van der Waals surface area (Å²) in [6, 6.07) is 12.2. The van der Waals surface area contributed by atoms with E-state index < -0.39 is 0 Å². The van der Waals surface area contributed by atoms with Gasteiger partial charge in [0.15, 0.2) is 5.78 Å². The number of ketones is 1. The zero-order valence-corrected chi connectivity index (χ0v) is 7.79. The van der Waals surface area contributed by atoms with Gasteiger partial charge in [-0.05, 0) is 22.8 Å². The first-order valence-electron chi connectivity index (χ1n) is 4.90. The number of Topliss-reactive ketones (excluding diaryl/α,β-unsaturated/α-hetero) is 1. The minimum absolute atomic E-state index is 0.286. The molecule has 1 aliphatic rings. The van der Waals surface area contributed by atoms with Gasteiger partial charge in [0.1, 0.15) is 0 Å². The molecule has 2 aromatic carbocycles. The van der Waals surface area contributed by atoms with Crippen molar-refractivity contribution in [3.8, 4) is 0 Å². The van der Waals surface area contributed by atoms with Gasteiger partial charge >= 0.3 is 0 Å². The molecule has 3 rings (SSSR count). The van der Waals surface area contributed by atoms with E-state index in [-0.39, 0.29) is 5.78 Å². The average molecular weight is 182 g/mol. The SMILES string of the molecule is O=C1CCc2cccc3cccc1c23. The highest BCUT2D eigenvalue weighted by Crippen LogP contribution is 2.29. The molecule has 0 spiro atoms. The van der Waals surface area contributed by atoms with Crippen LogP contribution in [0.3, 0.4) is 0 Å². The maximum absolute atomic E-state index is 11.7. The van der Waals surface area contributed by atoms with Crippen LogP contribution in [-0.2, 0) is 6.42 Å².